The summed E-state index contributed by atoms with van der Waals surface area (Å²) < 4.78 is 10.9. The minimum absolute atomic E-state index is 0.0130. The highest BCUT2D eigenvalue weighted by molar-refractivity contribution is 5.13. The van der Waals surface area contributed by atoms with Gasteiger partial charge in [-0.15, -0.1) is 0 Å². The van der Waals surface area contributed by atoms with Crippen molar-refractivity contribution in [3.05, 3.63) is 72.2 Å². The second-order valence-electron chi connectivity index (χ2n) is 4.70. The van der Waals surface area contributed by atoms with E-state index in [-0.39, 0.29) is 6.10 Å². The summed E-state index contributed by atoms with van der Waals surface area (Å²) in [7, 11) is 0. The van der Waals surface area contributed by atoms with E-state index in [0.717, 1.165) is 5.56 Å². The molecule has 0 aliphatic carbocycles. The molecular weight excluding hydrogens is 252 g/mol. The van der Waals surface area contributed by atoms with Crippen molar-refractivity contribution in [3.63, 3.8) is 0 Å². The monoisotopic (exact) mass is 272 g/mol. The van der Waals surface area contributed by atoms with Crippen LogP contribution < -0.4 is 0 Å². The quantitative estimate of drug-likeness (QED) is 0.778. The Kier molecular flexibility index (Phi) is 5.59. The third-order valence-electron chi connectivity index (χ3n) is 2.99. The number of rotatable bonds is 7. The first-order valence-electron chi connectivity index (χ1n) is 6.79. The molecule has 2 rings (SSSR count). The summed E-state index contributed by atoms with van der Waals surface area (Å²) >= 11 is 0. The molecule has 0 unspecified atom stereocenters. The molecule has 3 heteroatoms. The summed E-state index contributed by atoms with van der Waals surface area (Å²) in [5, 5.41) is 9.84. The van der Waals surface area contributed by atoms with E-state index >= 15 is 0 Å². The van der Waals surface area contributed by atoms with E-state index in [1.165, 1.54) is 0 Å². The van der Waals surface area contributed by atoms with E-state index in [0.29, 0.717) is 18.8 Å². The van der Waals surface area contributed by atoms with Gasteiger partial charge in [0.1, 0.15) is 11.9 Å². The Hall–Kier alpha value is -1.84. The fourth-order valence-corrected chi connectivity index (χ4v) is 1.85. The third kappa shape index (κ3) is 4.68. The third-order valence-corrected chi connectivity index (χ3v) is 2.99. The number of hydrogen-bond acceptors (Lipinski definition) is 3. The smallest absolute Gasteiger partial charge is 0.132 e. The Balaban J connectivity index is 1.71. The summed E-state index contributed by atoms with van der Waals surface area (Å²) in [6.45, 7) is 2.58. The van der Waals surface area contributed by atoms with Crippen LogP contribution in [0.25, 0.3) is 0 Å². The van der Waals surface area contributed by atoms with Gasteiger partial charge in [-0.05, 0) is 31.0 Å². The zero-order chi connectivity index (χ0) is 14.2. The van der Waals surface area contributed by atoms with Crippen LogP contribution in [0.4, 0.5) is 0 Å². The predicted molar refractivity (Wildman–Crippen MR) is 78.1 cm³/mol. The lowest BCUT2D eigenvalue weighted by Crippen LogP contribution is -2.04. The van der Waals surface area contributed by atoms with Gasteiger partial charge in [-0.1, -0.05) is 42.5 Å². The average molecular weight is 272 g/mol. The molecule has 0 bridgehead atoms. The van der Waals surface area contributed by atoms with Crippen molar-refractivity contribution in [1.29, 1.82) is 0 Å². The van der Waals surface area contributed by atoms with Crippen LogP contribution in [0.15, 0.2) is 65.3 Å². The predicted octanol–water partition coefficient (Wildman–Crippen LogP) is 3.86. The van der Waals surface area contributed by atoms with Crippen molar-refractivity contribution in [3.8, 4) is 0 Å². The van der Waals surface area contributed by atoms with Crippen LogP contribution in [0.2, 0.25) is 0 Å². The van der Waals surface area contributed by atoms with Gasteiger partial charge in [0, 0.05) is 0 Å². The van der Waals surface area contributed by atoms with Crippen LogP contribution in [0.3, 0.4) is 0 Å². The maximum Gasteiger partial charge on any atom is 0.132 e. The van der Waals surface area contributed by atoms with E-state index in [4.69, 9.17) is 9.15 Å². The first-order chi connectivity index (χ1) is 9.75. The Morgan fingerprint density at radius 3 is 2.70 bits per heavy atom. The number of aliphatic hydroxyl groups excluding tert-OH is 1. The van der Waals surface area contributed by atoms with Gasteiger partial charge in [-0.2, -0.15) is 0 Å². The van der Waals surface area contributed by atoms with Crippen LogP contribution in [-0.2, 0) is 11.3 Å². The van der Waals surface area contributed by atoms with Gasteiger partial charge in [0.15, 0.2) is 0 Å². The van der Waals surface area contributed by atoms with Gasteiger partial charge < -0.3 is 14.3 Å². The van der Waals surface area contributed by atoms with Gasteiger partial charge in [0.05, 0.1) is 19.0 Å². The van der Waals surface area contributed by atoms with Gasteiger partial charge in [-0.3, -0.25) is 0 Å². The first kappa shape index (κ1) is 14.6. The lowest BCUT2D eigenvalue weighted by molar-refractivity contribution is 0.0834. The van der Waals surface area contributed by atoms with Crippen molar-refractivity contribution in [1.82, 2.24) is 0 Å². The van der Waals surface area contributed by atoms with Gasteiger partial charge in [0.25, 0.3) is 0 Å². The zero-order valence-corrected chi connectivity index (χ0v) is 11.6. The maximum absolute atomic E-state index is 9.84. The lowest BCUT2D eigenvalue weighted by Gasteiger charge is -2.09. The molecule has 106 valence electrons. The summed E-state index contributed by atoms with van der Waals surface area (Å²) in [5.74, 6) is 0.590. The van der Waals surface area contributed by atoms with Crippen LogP contribution in [0, 0.1) is 0 Å². The van der Waals surface area contributed by atoms with E-state index < -0.39 is 6.10 Å². The molecule has 1 heterocycles. The number of ether oxygens (including phenoxy) is 1. The van der Waals surface area contributed by atoms with Gasteiger partial charge >= 0.3 is 0 Å². The van der Waals surface area contributed by atoms with Crippen LogP contribution in [-0.4, -0.2) is 11.2 Å². The van der Waals surface area contributed by atoms with Gasteiger partial charge in [0.2, 0.25) is 0 Å². The van der Waals surface area contributed by atoms with Crippen molar-refractivity contribution < 1.29 is 14.3 Å². The molecule has 2 aromatic rings. The van der Waals surface area contributed by atoms with Crippen LogP contribution in [0.1, 0.15) is 30.8 Å². The molecule has 0 saturated carbocycles. The molecule has 1 N–H and O–H groups in total. The number of hydrogen-bond donors (Lipinski definition) is 1. The normalized spacial score (nSPS) is 14.5. The van der Waals surface area contributed by atoms with Gasteiger partial charge in [-0.25, -0.2) is 0 Å². The second-order valence-corrected chi connectivity index (χ2v) is 4.70. The zero-order valence-electron chi connectivity index (χ0n) is 11.6. The molecule has 1 aromatic heterocycles. The molecule has 0 aliphatic heterocycles. The van der Waals surface area contributed by atoms with E-state index in [1.54, 1.807) is 18.4 Å². The van der Waals surface area contributed by atoms with Crippen molar-refractivity contribution >= 4 is 0 Å². The minimum Gasteiger partial charge on any atom is -0.467 e. The fourth-order valence-electron chi connectivity index (χ4n) is 1.85. The van der Waals surface area contributed by atoms with Crippen LogP contribution >= 0.6 is 0 Å². The number of benzene rings is 1. The minimum atomic E-state index is -0.595. The van der Waals surface area contributed by atoms with E-state index in [1.807, 2.05) is 49.4 Å². The number of furan rings is 1. The highest BCUT2D eigenvalue weighted by Crippen LogP contribution is 2.17. The maximum atomic E-state index is 9.84. The Morgan fingerprint density at radius 2 is 2.00 bits per heavy atom. The molecule has 1 aromatic carbocycles. The largest absolute Gasteiger partial charge is 0.467 e. The molecule has 0 fully saturated rings. The molecular formula is C17H20O3. The van der Waals surface area contributed by atoms with Crippen molar-refractivity contribution in [2.75, 3.05) is 0 Å². The van der Waals surface area contributed by atoms with Crippen LogP contribution in [0.5, 0.6) is 0 Å². The molecule has 0 aliphatic rings. The van der Waals surface area contributed by atoms with Crippen molar-refractivity contribution in [2.24, 2.45) is 0 Å². The molecule has 0 amide bonds. The van der Waals surface area contributed by atoms with E-state index in [2.05, 4.69) is 0 Å². The highest BCUT2D eigenvalue weighted by atomic mass is 16.5. The number of aliphatic hydroxyl groups is 1. The fraction of sp³-hybridized carbons (Fsp3) is 0.294. The van der Waals surface area contributed by atoms with E-state index in [9.17, 15) is 5.11 Å². The molecule has 0 saturated heterocycles. The Labute approximate surface area is 119 Å². The summed E-state index contributed by atoms with van der Waals surface area (Å²) in [4.78, 5) is 0. The molecule has 0 radical (unpaired) electrons. The Bertz CT molecular complexity index is 502. The molecule has 0 spiro atoms. The Morgan fingerprint density at radius 1 is 1.20 bits per heavy atom. The molecule has 20 heavy (non-hydrogen) atoms. The average Bonchev–Trinajstić information content (AvgIpc) is 3.00. The SMILES string of the molecule is C[C@@H](/C=C\C[C@H](O)c1ccco1)OCc1ccccc1. The second kappa shape index (κ2) is 7.68. The molecule has 2 atom stereocenters. The standard InChI is InChI=1S/C17H20O3/c1-14(20-13-15-8-3-2-4-9-15)7-5-10-16(18)17-11-6-12-19-17/h2-9,11-12,14,16,18H,10,13H2,1H3/b7-5-/t14-,16-/m0/s1. The lowest BCUT2D eigenvalue weighted by atomic mass is 10.2. The first-order valence-corrected chi connectivity index (χ1v) is 6.79. The highest BCUT2D eigenvalue weighted by Gasteiger charge is 2.07. The summed E-state index contributed by atoms with van der Waals surface area (Å²) in [6.07, 6.45) is 5.37. The van der Waals surface area contributed by atoms with Crippen molar-refractivity contribution in [2.45, 2.75) is 32.2 Å². The summed E-state index contributed by atoms with van der Waals surface area (Å²) in [6, 6.07) is 13.6. The molecule has 3 nitrogen and oxygen atoms in total. The summed E-state index contributed by atoms with van der Waals surface area (Å²) in [5.41, 5.74) is 1.16. The topological polar surface area (TPSA) is 42.6 Å².